The zero-order valence-corrected chi connectivity index (χ0v) is 9.96. The molecule has 1 aliphatic rings. The first-order valence-electron chi connectivity index (χ1n) is 5.45. The molecule has 1 aliphatic carbocycles. The molecule has 4 N–H and O–H groups in total. The number of rotatable bonds is 6. The lowest BCUT2D eigenvalue weighted by Gasteiger charge is -2.12. The van der Waals surface area contributed by atoms with E-state index in [0.29, 0.717) is 6.04 Å². The molecular weight excluding hydrogens is 228 g/mol. The normalized spacial score (nSPS) is 18.3. The molecular formula is C10H18N2O3S. The molecule has 1 saturated carbocycles. The lowest BCUT2D eigenvalue weighted by molar-refractivity contribution is -0.138. The van der Waals surface area contributed by atoms with Gasteiger partial charge in [0.15, 0.2) is 0 Å². The first-order chi connectivity index (χ1) is 7.59. The maximum absolute atomic E-state index is 11.4. The third kappa shape index (κ3) is 4.85. The highest BCUT2D eigenvalue weighted by molar-refractivity contribution is 8.00. The molecule has 1 rings (SSSR count). The van der Waals surface area contributed by atoms with Gasteiger partial charge in [-0.1, -0.05) is 12.8 Å². The molecule has 1 atom stereocenters. The Kier molecular flexibility index (Phi) is 5.62. The van der Waals surface area contributed by atoms with Crippen molar-refractivity contribution in [1.82, 2.24) is 5.32 Å². The minimum Gasteiger partial charge on any atom is -0.480 e. The summed E-state index contributed by atoms with van der Waals surface area (Å²) in [5.41, 5.74) is 5.31. The highest BCUT2D eigenvalue weighted by atomic mass is 32.2. The van der Waals surface area contributed by atoms with Crippen LogP contribution in [0.2, 0.25) is 0 Å². The third-order valence-electron chi connectivity index (χ3n) is 2.57. The van der Waals surface area contributed by atoms with E-state index in [9.17, 15) is 9.59 Å². The van der Waals surface area contributed by atoms with Crippen LogP contribution in [0.15, 0.2) is 0 Å². The summed E-state index contributed by atoms with van der Waals surface area (Å²) in [6.45, 7) is 0. The Hall–Kier alpha value is -0.750. The molecule has 0 radical (unpaired) electrons. The average Bonchev–Trinajstić information content (AvgIpc) is 2.70. The standard InChI is InChI=1S/C10H18N2O3S/c11-8(10(14)15)5-16-6-9(13)12-7-3-1-2-4-7/h7-8H,1-6,11H2,(H,12,13)(H,14,15). The number of carboxylic acids is 1. The van der Waals surface area contributed by atoms with Crippen molar-refractivity contribution in [2.75, 3.05) is 11.5 Å². The summed E-state index contributed by atoms with van der Waals surface area (Å²) in [5, 5.41) is 11.5. The highest BCUT2D eigenvalue weighted by Crippen LogP contribution is 2.17. The number of hydrogen-bond acceptors (Lipinski definition) is 4. The molecule has 92 valence electrons. The Bertz CT molecular complexity index is 254. The number of thioether (sulfide) groups is 1. The number of aliphatic carboxylic acids is 1. The van der Waals surface area contributed by atoms with Crippen LogP contribution in [-0.2, 0) is 9.59 Å². The Balaban J connectivity index is 2.08. The summed E-state index contributed by atoms with van der Waals surface area (Å²) in [7, 11) is 0. The van der Waals surface area contributed by atoms with Crippen molar-refractivity contribution in [2.24, 2.45) is 5.73 Å². The van der Waals surface area contributed by atoms with E-state index in [2.05, 4.69) is 5.32 Å². The predicted molar refractivity (Wildman–Crippen MR) is 63.3 cm³/mol. The van der Waals surface area contributed by atoms with Crippen LogP contribution >= 0.6 is 11.8 Å². The summed E-state index contributed by atoms with van der Waals surface area (Å²) in [6, 6.07) is -0.564. The molecule has 6 heteroatoms. The highest BCUT2D eigenvalue weighted by Gasteiger charge is 2.17. The van der Waals surface area contributed by atoms with E-state index in [-0.39, 0.29) is 17.4 Å². The second kappa shape index (κ2) is 6.75. The fourth-order valence-corrected chi connectivity index (χ4v) is 2.47. The van der Waals surface area contributed by atoms with Gasteiger partial charge < -0.3 is 16.2 Å². The van der Waals surface area contributed by atoms with Gasteiger partial charge in [0.2, 0.25) is 5.91 Å². The number of carbonyl (C=O) groups excluding carboxylic acids is 1. The number of carboxylic acid groups (broad SMARTS) is 1. The zero-order valence-electron chi connectivity index (χ0n) is 9.15. The number of nitrogens with two attached hydrogens (primary N) is 1. The second-order valence-electron chi connectivity index (χ2n) is 4.01. The van der Waals surface area contributed by atoms with Gasteiger partial charge in [-0.05, 0) is 12.8 Å². The molecule has 0 aromatic heterocycles. The van der Waals surface area contributed by atoms with Gasteiger partial charge in [0.05, 0.1) is 5.75 Å². The van der Waals surface area contributed by atoms with Gasteiger partial charge in [-0.15, -0.1) is 11.8 Å². The number of hydrogen-bond donors (Lipinski definition) is 3. The van der Waals surface area contributed by atoms with Crippen LogP contribution in [0.5, 0.6) is 0 Å². The van der Waals surface area contributed by atoms with E-state index in [0.717, 1.165) is 12.8 Å². The monoisotopic (exact) mass is 246 g/mol. The smallest absolute Gasteiger partial charge is 0.321 e. The first-order valence-corrected chi connectivity index (χ1v) is 6.60. The fourth-order valence-electron chi connectivity index (χ4n) is 1.69. The van der Waals surface area contributed by atoms with Gasteiger partial charge in [-0.3, -0.25) is 9.59 Å². The Labute approximate surface area is 99.1 Å². The van der Waals surface area contributed by atoms with E-state index < -0.39 is 12.0 Å². The van der Waals surface area contributed by atoms with Crippen molar-refractivity contribution in [3.05, 3.63) is 0 Å². The summed E-state index contributed by atoms with van der Waals surface area (Å²) >= 11 is 1.26. The third-order valence-corrected chi connectivity index (χ3v) is 3.63. The molecule has 1 amide bonds. The number of amides is 1. The fraction of sp³-hybridized carbons (Fsp3) is 0.800. The Morgan fingerprint density at radius 1 is 1.44 bits per heavy atom. The van der Waals surface area contributed by atoms with E-state index in [1.165, 1.54) is 24.6 Å². The second-order valence-corrected chi connectivity index (χ2v) is 5.04. The van der Waals surface area contributed by atoms with Crippen molar-refractivity contribution < 1.29 is 14.7 Å². The van der Waals surface area contributed by atoms with Crippen LogP contribution in [0.4, 0.5) is 0 Å². The van der Waals surface area contributed by atoms with Crippen molar-refractivity contribution in [3.63, 3.8) is 0 Å². The van der Waals surface area contributed by atoms with E-state index in [1.807, 2.05) is 0 Å². The molecule has 0 spiro atoms. The van der Waals surface area contributed by atoms with Gasteiger partial charge in [-0.2, -0.15) is 0 Å². The maximum Gasteiger partial charge on any atom is 0.321 e. The molecule has 0 bridgehead atoms. The van der Waals surface area contributed by atoms with Crippen molar-refractivity contribution >= 4 is 23.6 Å². The molecule has 0 aromatic rings. The maximum atomic E-state index is 11.4. The molecule has 0 heterocycles. The van der Waals surface area contributed by atoms with E-state index in [4.69, 9.17) is 10.8 Å². The first kappa shape index (κ1) is 13.3. The topological polar surface area (TPSA) is 92.4 Å². The quantitative estimate of drug-likeness (QED) is 0.622. The predicted octanol–water partition coefficient (Wildman–Crippen LogP) is 0.190. The Morgan fingerprint density at radius 3 is 2.62 bits per heavy atom. The minimum atomic E-state index is -1.02. The number of carbonyl (C=O) groups is 2. The Morgan fingerprint density at radius 2 is 2.06 bits per heavy atom. The van der Waals surface area contributed by atoms with Gasteiger partial charge >= 0.3 is 5.97 Å². The van der Waals surface area contributed by atoms with E-state index in [1.54, 1.807) is 0 Å². The van der Waals surface area contributed by atoms with Crippen molar-refractivity contribution in [3.8, 4) is 0 Å². The summed E-state index contributed by atoms with van der Waals surface area (Å²) in [5.74, 6) is -0.483. The van der Waals surface area contributed by atoms with Gasteiger partial charge in [-0.25, -0.2) is 0 Å². The molecule has 0 aliphatic heterocycles. The van der Waals surface area contributed by atoms with Crippen LogP contribution in [-0.4, -0.2) is 40.6 Å². The molecule has 16 heavy (non-hydrogen) atoms. The summed E-state index contributed by atoms with van der Waals surface area (Å²) in [6.07, 6.45) is 4.49. The van der Waals surface area contributed by atoms with Crippen LogP contribution in [0.1, 0.15) is 25.7 Å². The SMILES string of the molecule is NC(CSCC(=O)NC1CCCC1)C(=O)O. The van der Waals surface area contributed by atoms with E-state index >= 15 is 0 Å². The molecule has 0 aromatic carbocycles. The van der Waals surface area contributed by atoms with Crippen LogP contribution in [0.25, 0.3) is 0 Å². The van der Waals surface area contributed by atoms with Crippen molar-refractivity contribution in [1.29, 1.82) is 0 Å². The lowest BCUT2D eigenvalue weighted by Crippen LogP contribution is -2.36. The molecule has 1 unspecified atom stereocenters. The zero-order chi connectivity index (χ0) is 12.0. The summed E-state index contributed by atoms with van der Waals surface area (Å²) in [4.78, 5) is 21.8. The van der Waals surface area contributed by atoms with Crippen LogP contribution in [0, 0.1) is 0 Å². The van der Waals surface area contributed by atoms with Gasteiger partial charge in [0, 0.05) is 11.8 Å². The molecule has 5 nitrogen and oxygen atoms in total. The summed E-state index contributed by atoms with van der Waals surface area (Å²) < 4.78 is 0. The largest absolute Gasteiger partial charge is 0.480 e. The van der Waals surface area contributed by atoms with Crippen LogP contribution < -0.4 is 11.1 Å². The van der Waals surface area contributed by atoms with Crippen LogP contribution in [0.3, 0.4) is 0 Å². The minimum absolute atomic E-state index is 0.0190. The molecule has 0 saturated heterocycles. The van der Waals surface area contributed by atoms with Gasteiger partial charge in [0.1, 0.15) is 6.04 Å². The van der Waals surface area contributed by atoms with Gasteiger partial charge in [0.25, 0.3) is 0 Å². The average molecular weight is 246 g/mol. The lowest BCUT2D eigenvalue weighted by atomic mass is 10.2. The molecule has 1 fully saturated rings. The number of nitrogens with one attached hydrogen (secondary N) is 1. The van der Waals surface area contributed by atoms with Crippen molar-refractivity contribution in [2.45, 2.75) is 37.8 Å².